The first kappa shape index (κ1) is 14.9. The minimum absolute atomic E-state index is 0.103. The summed E-state index contributed by atoms with van der Waals surface area (Å²) in [5, 5.41) is 3.30. The number of nitrogens with one attached hydrogen (secondary N) is 1. The molecule has 0 aliphatic carbocycles. The number of halogens is 1. The molecule has 106 valence electrons. The molecule has 2 rings (SSSR count). The van der Waals surface area contributed by atoms with Gasteiger partial charge in [0.05, 0.1) is 0 Å². The highest BCUT2D eigenvalue weighted by atomic mass is 79.9. The van der Waals surface area contributed by atoms with Crippen LogP contribution in [0, 0.1) is 0 Å². The molecule has 0 radical (unpaired) electrons. The highest BCUT2D eigenvalue weighted by Crippen LogP contribution is 2.21. The van der Waals surface area contributed by atoms with Crippen LogP contribution in [0.4, 0.5) is 5.95 Å². The average Bonchev–Trinajstić information content (AvgIpc) is 2.40. The molecule has 0 bridgehead atoms. The van der Waals surface area contributed by atoms with Crippen LogP contribution in [0.15, 0.2) is 41.1 Å². The number of nitrogens with two attached hydrogens (primary N) is 1. The third-order valence-electron chi connectivity index (χ3n) is 3.05. The summed E-state index contributed by atoms with van der Waals surface area (Å²) < 4.78 is 1.06. The molecule has 20 heavy (non-hydrogen) atoms. The molecule has 1 aromatic heterocycles. The normalized spacial score (nSPS) is 11.4. The van der Waals surface area contributed by atoms with E-state index >= 15 is 0 Å². The molecule has 1 aromatic carbocycles. The summed E-state index contributed by atoms with van der Waals surface area (Å²) in [6.45, 7) is 4.81. The van der Waals surface area contributed by atoms with Gasteiger partial charge in [-0.2, -0.15) is 0 Å². The van der Waals surface area contributed by atoms with Crippen LogP contribution in [0.25, 0.3) is 11.1 Å². The minimum Gasteiger partial charge on any atom is -0.349 e. The number of benzene rings is 1. The molecule has 0 amide bonds. The Kier molecular flexibility index (Phi) is 4.73. The van der Waals surface area contributed by atoms with Crippen molar-refractivity contribution in [3.8, 4) is 11.1 Å². The number of rotatable bonds is 5. The fourth-order valence-electron chi connectivity index (χ4n) is 1.91. The third kappa shape index (κ3) is 4.02. The summed E-state index contributed by atoms with van der Waals surface area (Å²) in [6, 6.07) is 8.08. The fourth-order valence-corrected chi connectivity index (χ4v) is 2.17. The topological polar surface area (TPSA) is 63.8 Å². The lowest BCUT2D eigenvalue weighted by atomic mass is 10.0. The van der Waals surface area contributed by atoms with Gasteiger partial charge in [-0.25, -0.2) is 9.97 Å². The zero-order chi connectivity index (χ0) is 14.6. The van der Waals surface area contributed by atoms with E-state index in [1.165, 1.54) is 0 Å². The number of anilines is 1. The summed E-state index contributed by atoms with van der Waals surface area (Å²) in [7, 11) is 0. The zero-order valence-electron chi connectivity index (χ0n) is 11.7. The first-order valence-corrected chi connectivity index (χ1v) is 7.36. The van der Waals surface area contributed by atoms with Crippen molar-refractivity contribution in [3.63, 3.8) is 0 Å². The van der Waals surface area contributed by atoms with Gasteiger partial charge in [0, 0.05) is 28.0 Å². The maximum atomic E-state index is 5.60. The Hall–Kier alpha value is -1.46. The smallest absolute Gasteiger partial charge is 0.223 e. The summed E-state index contributed by atoms with van der Waals surface area (Å²) >= 11 is 3.43. The van der Waals surface area contributed by atoms with Gasteiger partial charge in [0.2, 0.25) is 5.95 Å². The van der Waals surface area contributed by atoms with Crippen molar-refractivity contribution < 1.29 is 0 Å². The highest BCUT2D eigenvalue weighted by Gasteiger charge is 2.17. The molecular weight excluding hydrogens is 316 g/mol. The number of hydrogen-bond acceptors (Lipinski definition) is 4. The van der Waals surface area contributed by atoms with E-state index < -0.39 is 0 Å². The molecule has 0 aliphatic rings. The Morgan fingerprint density at radius 2 is 1.70 bits per heavy atom. The van der Waals surface area contributed by atoms with Gasteiger partial charge in [-0.1, -0.05) is 28.1 Å². The largest absolute Gasteiger partial charge is 0.349 e. The molecule has 3 N–H and O–H groups in total. The Morgan fingerprint density at radius 3 is 2.25 bits per heavy atom. The molecule has 5 heteroatoms. The minimum atomic E-state index is -0.103. The van der Waals surface area contributed by atoms with E-state index in [2.05, 4.69) is 45.1 Å². The summed E-state index contributed by atoms with van der Waals surface area (Å²) in [6.07, 6.45) is 4.53. The van der Waals surface area contributed by atoms with Gasteiger partial charge in [-0.15, -0.1) is 0 Å². The van der Waals surface area contributed by atoms with Gasteiger partial charge in [-0.3, -0.25) is 0 Å². The van der Waals surface area contributed by atoms with E-state index in [0.717, 1.165) is 22.0 Å². The van der Waals surface area contributed by atoms with Crippen LogP contribution in [0.1, 0.15) is 20.3 Å². The molecule has 0 saturated heterocycles. The van der Waals surface area contributed by atoms with Crippen LogP contribution in [-0.4, -0.2) is 22.1 Å². The van der Waals surface area contributed by atoms with Crippen LogP contribution in [-0.2, 0) is 0 Å². The first-order chi connectivity index (χ1) is 9.50. The van der Waals surface area contributed by atoms with E-state index in [9.17, 15) is 0 Å². The molecule has 0 unspecified atom stereocenters. The lowest BCUT2D eigenvalue weighted by Gasteiger charge is -2.25. The molecule has 1 heterocycles. The SMILES string of the molecule is CC(C)(CCN)Nc1ncc(-c2ccc(Br)cc2)cn1. The monoisotopic (exact) mass is 334 g/mol. The van der Waals surface area contributed by atoms with Crippen LogP contribution >= 0.6 is 15.9 Å². The Balaban J connectivity index is 2.12. The zero-order valence-corrected chi connectivity index (χ0v) is 13.3. The molecule has 2 aromatic rings. The molecule has 0 saturated carbocycles. The van der Waals surface area contributed by atoms with Gasteiger partial charge in [0.15, 0.2) is 0 Å². The lowest BCUT2D eigenvalue weighted by molar-refractivity contribution is 0.522. The molecule has 0 fully saturated rings. The van der Waals surface area contributed by atoms with Crippen LogP contribution in [0.2, 0.25) is 0 Å². The van der Waals surface area contributed by atoms with Crippen molar-refractivity contribution >= 4 is 21.9 Å². The van der Waals surface area contributed by atoms with Crippen LogP contribution in [0.5, 0.6) is 0 Å². The maximum absolute atomic E-state index is 5.60. The molecular formula is C15H19BrN4. The number of aromatic nitrogens is 2. The standard InChI is InChI=1S/C15H19BrN4/c1-15(2,7-8-17)20-14-18-9-12(10-19-14)11-3-5-13(16)6-4-11/h3-6,9-10H,7-8,17H2,1-2H3,(H,18,19,20). The second-order valence-corrected chi connectivity index (χ2v) is 6.27. The lowest BCUT2D eigenvalue weighted by Crippen LogP contribution is -2.34. The number of hydrogen-bond donors (Lipinski definition) is 2. The van der Waals surface area contributed by atoms with E-state index in [1.807, 2.05) is 36.7 Å². The van der Waals surface area contributed by atoms with E-state index in [0.29, 0.717) is 12.5 Å². The Labute approximate surface area is 128 Å². The highest BCUT2D eigenvalue weighted by molar-refractivity contribution is 9.10. The van der Waals surface area contributed by atoms with Gasteiger partial charge in [-0.05, 0) is 44.5 Å². The summed E-state index contributed by atoms with van der Waals surface area (Å²) in [4.78, 5) is 8.74. The number of nitrogens with zero attached hydrogens (tertiary/aromatic N) is 2. The fraction of sp³-hybridized carbons (Fsp3) is 0.333. The second-order valence-electron chi connectivity index (χ2n) is 5.35. The van der Waals surface area contributed by atoms with Gasteiger partial charge >= 0.3 is 0 Å². The summed E-state index contributed by atoms with van der Waals surface area (Å²) in [5.41, 5.74) is 7.59. The van der Waals surface area contributed by atoms with Crippen molar-refractivity contribution in [1.29, 1.82) is 0 Å². The molecule has 0 aliphatic heterocycles. The van der Waals surface area contributed by atoms with E-state index in [-0.39, 0.29) is 5.54 Å². The van der Waals surface area contributed by atoms with E-state index in [1.54, 1.807) is 0 Å². The van der Waals surface area contributed by atoms with Crippen LogP contribution in [0.3, 0.4) is 0 Å². The predicted molar refractivity (Wildman–Crippen MR) is 86.5 cm³/mol. The van der Waals surface area contributed by atoms with Gasteiger partial charge in [0.25, 0.3) is 0 Å². The van der Waals surface area contributed by atoms with Crippen molar-refractivity contribution in [1.82, 2.24) is 9.97 Å². The first-order valence-electron chi connectivity index (χ1n) is 6.56. The Morgan fingerprint density at radius 1 is 1.10 bits per heavy atom. The molecule has 4 nitrogen and oxygen atoms in total. The van der Waals surface area contributed by atoms with Crippen LogP contribution < -0.4 is 11.1 Å². The van der Waals surface area contributed by atoms with E-state index in [4.69, 9.17) is 5.73 Å². The third-order valence-corrected chi connectivity index (χ3v) is 3.58. The van der Waals surface area contributed by atoms with Crippen molar-refractivity contribution in [2.24, 2.45) is 5.73 Å². The van der Waals surface area contributed by atoms with Crippen molar-refractivity contribution in [2.45, 2.75) is 25.8 Å². The molecule has 0 spiro atoms. The molecule has 0 atom stereocenters. The Bertz CT molecular complexity index is 549. The van der Waals surface area contributed by atoms with Crippen molar-refractivity contribution in [3.05, 3.63) is 41.1 Å². The van der Waals surface area contributed by atoms with Crippen molar-refractivity contribution in [2.75, 3.05) is 11.9 Å². The summed E-state index contributed by atoms with van der Waals surface area (Å²) in [5.74, 6) is 0.629. The maximum Gasteiger partial charge on any atom is 0.223 e. The predicted octanol–water partition coefficient (Wildman–Crippen LogP) is 3.45. The quantitative estimate of drug-likeness (QED) is 0.878. The second kappa shape index (κ2) is 6.33. The van der Waals surface area contributed by atoms with Gasteiger partial charge < -0.3 is 11.1 Å². The average molecular weight is 335 g/mol. The van der Waals surface area contributed by atoms with Gasteiger partial charge in [0.1, 0.15) is 0 Å².